The van der Waals surface area contributed by atoms with Gasteiger partial charge in [0.15, 0.2) is 11.5 Å². The number of amides is 1. The summed E-state index contributed by atoms with van der Waals surface area (Å²) in [5.74, 6) is -0.911. The number of hydrogen-bond donors (Lipinski definition) is 2. The molecule has 8 heteroatoms. The smallest absolute Gasteiger partial charge is 0.274 e. The number of aromatic nitrogens is 2. The van der Waals surface area contributed by atoms with Crippen LogP contribution in [0, 0.1) is 5.82 Å². The van der Waals surface area contributed by atoms with E-state index in [1.807, 2.05) is 0 Å². The normalized spacial score (nSPS) is 20.4. The summed E-state index contributed by atoms with van der Waals surface area (Å²) in [7, 11) is 0. The topological polar surface area (TPSA) is 90.1 Å². The van der Waals surface area contributed by atoms with Crippen molar-refractivity contribution < 1.29 is 13.9 Å². The van der Waals surface area contributed by atoms with Crippen LogP contribution in [0.2, 0.25) is 5.02 Å². The maximum absolute atomic E-state index is 13.6. The number of hydrogen-bond acceptors (Lipinski definition) is 5. The SMILES string of the molecule is Nc1nccnc1C(=O)N[C@H]1CCO[C@@H]1c1ccc(Cl)c(F)c1. The van der Waals surface area contributed by atoms with Crippen molar-refractivity contribution in [1.29, 1.82) is 0 Å². The van der Waals surface area contributed by atoms with Crippen molar-refractivity contribution in [3.63, 3.8) is 0 Å². The van der Waals surface area contributed by atoms with E-state index in [2.05, 4.69) is 15.3 Å². The van der Waals surface area contributed by atoms with Crippen molar-refractivity contribution in [3.8, 4) is 0 Å². The number of carbonyl (C=O) groups excluding carboxylic acids is 1. The van der Waals surface area contributed by atoms with Crippen LogP contribution in [-0.4, -0.2) is 28.5 Å². The third-order valence-corrected chi connectivity index (χ3v) is 3.93. The third-order valence-electron chi connectivity index (χ3n) is 3.62. The summed E-state index contributed by atoms with van der Waals surface area (Å²) in [5, 5.41) is 2.86. The molecule has 0 spiro atoms. The minimum Gasteiger partial charge on any atom is -0.382 e. The van der Waals surface area contributed by atoms with Gasteiger partial charge < -0.3 is 15.8 Å². The zero-order chi connectivity index (χ0) is 16.4. The number of nitrogens with one attached hydrogen (secondary N) is 1. The van der Waals surface area contributed by atoms with E-state index in [1.54, 1.807) is 6.07 Å². The van der Waals surface area contributed by atoms with Crippen LogP contribution in [0.5, 0.6) is 0 Å². The molecule has 0 aliphatic carbocycles. The number of nitrogens with two attached hydrogens (primary N) is 1. The van der Waals surface area contributed by atoms with Crippen LogP contribution in [-0.2, 0) is 4.74 Å². The van der Waals surface area contributed by atoms with Gasteiger partial charge in [0.1, 0.15) is 11.9 Å². The number of nitrogen functional groups attached to an aromatic ring is 1. The maximum Gasteiger partial charge on any atom is 0.274 e. The highest BCUT2D eigenvalue weighted by Crippen LogP contribution is 2.31. The first-order chi connectivity index (χ1) is 11.1. The number of carbonyl (C=O) groups is 1. The maximum atomic E-state index is 13.6. The van der Waals surface area contributed by atoms with Crippen LogP contribution < -0.4 is 11.1 Å². The van der Waals surface area contributed by atoms with Crippen LogP contribution in [0.15, 0.2) is 30.6 Å². The van der Waals surface area contributed by atoms with E-state index < -0.39 is 17.8 Å². The minimum absolute atomic E-state index is 0.0414. The van der Waals surface area contributed by atoms with Crippen molar-refractivity contribution in [3.05, 3.63) is 52.7 Å². The molecule has 1 aliphatic rings. The Kier molecular flexibility index (Phi) is 4.40. The predicted molar refractivity (Wildman–Crippen MR) is 82.4 cm³/mol. The molecule has 120 valence electrons. The summed E-state index contributed by atoms with van der Waals surface area (Å²) in [6, 6.07) is 4.14. The second-order valence-corrected chi connectivity index (χ2v) is 5.53. The molecule has 6 nitrogen and oxygen atoms in total. The van der Waals surface area contributed by atoms with E-state index in [4.69, 9.17) is 22.1 Å². The van der Waals surface area contributed by atoms with Gasteiger partial charge in [-0.1, -0.05) is 17.7 Å². The van der Waals surface area contributed by atoms with Gasteiger partial charge in [-0.2, -0.15) is 0 Å². The molecule has 0 saturated carbocycles. The monoisotopic (exact) mass is 336 g/mol. The van der Waals surface area contributed by atoms with Crippen LogP contribution >= 0.6 is 11.6 Å². The standard InChI is InChI=1S/C15H14ClFN4O2/c16-9-2-1-8(7-10(9)17)13-11(3-6-23-13)21-15(22)12-14(18)20-5-4-19-12/h1-2,4-5,7,11,13H,3,6H2,(H2,18,20)(H,21,22)/t11-,13+/m0/s1. The first-order valence-corrected chi connectivity index (χ1v) is 7.38. The quantitative estimate of drug-likeness (QED) is 0.896. The molecule has 2 atom stereocenters. The van der Waals surface area contributed by atoms with Crippen LogP contribution in [0.4, 0.5) is 10.2 Å². The molecule has 1 saturated heterocycles. The lowest BCUT2D eigenvalue weighted by Gasteiger charge is -2.20. The molecule has 1 fully saturated rings. The summed E-state index contributed by atoms with van der Waals surface area (Å²) >= 11 is 5.69. The molecule has 23 heavy (non-hydrogen) atoms. The zero-order valence-electron chi connectivity index (χ0n) is 12.0. The summed E-state index contributed by atoms with van der Waals surface area (Å²) < 4.78 is 19.3. The fourth-order valence-electron chi connectivity index (χ4n) is 2.52. The fraction of sp³-hybridized carbons (Fsp3) is 0.267. The second kappa shape index (κ2) is 6.47. The first kappa shape index (κ1) is 15.6. The molecule has 3 rings (SSSR count). The molecule has 3 N–H and O–H groups in total. The van der Waals surface area contributed by atoms with E-state index in [0.717, 1.165) is 0 Å². The predicted octanol–water partition coefficient (Wildman–Crippen LogP) is 2.11. The van der Waals surface area contributed by atoms with Gasteiger partial charge >= 0.3 is 0 Å². The molecule has 2 heterocycles. The van der Waals surface area contributed by atoms with Gasteiger partial charge in [0.05, 0.1) is 11.1 Å². The first-order valence-electron chi connectivity index (χ1n) is 7.00. The molecule has 1 aromatic heterocycles. The Morgan fingerprint density at radius 1 is 1.39 bits per heavy atom. The Balaban J connectivity index is 1.78. The molecule has 2 aromatic rings. The van der Waals surface area contributed by atoms with Crippen molar-refractivity contribution in [2.45, 2.75) is 18.6 Å². The lowest BCUT2D eigenvalue weighted by molar-refractivity contribution is 0.0817. The Morgan fingerprint density at radius 3 is 2.91 bits per heavy atom. The average molecular weight is 337 g/mol. The van der Waals surface area contributed by atoms with Crippen molar-refractivity contribution >= 4 is 23.3 Å². The summed E-state index contributed by atoms with van der Waals surface area (Å²) in [6.45, 7) is 0.454. The number of ether oxygens (including phenoxy) is 1. The molecular weight excluding hydrogens is 323 g/mol. The van der Waals surface area contributed by atoms with Gasteiger partial charge in [0.25, 0.3) is 5.91 Å². The fourth-order valence-corrected chi connectivity index (χ4v) is 2.63. The molecule has 0 bridgehead atoms. The summed E-state index contributed by atoms with van der Waals surface area (Å²) in [6.07, 6.45) is 2.94. The van der Waals surface area contributed by atoms with E-state index in [-0.39, 0.29) is 22.6 Å². The molecular formula is C15H14ClFN4O2. The van der Waals surface area contributed by atoms with Gasteiger partial charge in [-0.05, 0) is 24.1 Å². The highest BCUT2D eigenvalue weighted by molar-refractivity contribution is 6.30. The number of nitrogens with zero attached hydrogens (tertiary/aromatic N) is 2. The van der Waals surface area contributed by atoms with Gasteiger partial charge in [0.2, 0.25) is 0 Å². The average Bonchev–Trinajstić information content (AvgIpc) is 2.98. The Bertz CT molecular complexity index is 743. The van der Waals surface area contributed by atoms with Crippen molar-refractivity contribution in [2.24, 2.45) is 0 Å². The van der Waals surface area contributed by atoms with E-state index in [0.29, 0.717) is 18.6 Å². The summed E-state index contributed by atoms with van der Waals surface area (Å²) in [5.41, 5.74) is 6.32. The van der Waals surface area contributed by atoms with Crippen LogP contribution in [0.25, 0.3) is 0 Å². The molecule has 0 unspecified atom stereocenters. The molecule has 1 aromatic carbocycles. The van der Waals surface area contributed by atoms with E-state index in [9.17, 15) is 9.18 Å². The highest BCUT2D eigenvalue weighted by Gasteiger charge is 2.32. The molecule has 1 aliphatic heterocycles. The number of halogens is 2. The Morgan fingerprint density at radius 2 is 2.17 bits per heavy atom. The lowest BCUT2D eigenvalue weighted by atomic mass is 10.0. The van der Waals surface area contributed by atoms with Crippen LogP contribution in [0.1, 0.15) is 28.6 Å². The third kappa shape index (κ3) is 3.25. The zero-order valence-corrected chi connectivity index (χ0v) is 12.8. The highest BCUT2D eigenvalue weighted by atomic mass is 35.5. The van der Waals surface area contributed by atoms with Gasteiger partial charge in [0, 0.05) is 19.0 Å². The second-order valence-electron chi connectivity index (χ2n) is 5.12. The number of rotatable bonds is 3. The van der Waals surface area contributed by atoms with E-state index >= 15 is 0 Å². The molecule has 0 radical (unpaired) electrons. The van der Waals surface area contributed by atoms with Crippen LogP contribution in [0.3, 0.4) is 0 Å². The van der Waals surface area contributed by atoms with Gasteiger partial charge in [-0.15, -0.1) is 0 Å². The van der Waals surface area contributed by atoms with Gasteiger partial charge in [-0.25, -0.2) is 14.4 Å². The van der Waals surface area contributed by atoms with E-state index in [1.165, 1.54) is 24.5 Å². The Hall–Kier alpha value is -2.25. The minimum atomic E-state index is -0.525. The summed E-state index contributed by atoms with van der Waals surface area (Å²) in [4.78, 5) is 20.0. The number of benzene rings is 1. The van der Waals surface area contributed by atoms with Crippen molar-refractivity contribution in [2.75, 3.05) is 12.3 Å². The lowest BCUT2D eigenvalue weighted by Crippen LogP contribution is -2.37. The Labute approximate surface area is 136 Å². The van der Waals surface area contributed by atoms with Gasteiger partial charge in [-0.3, -0.25) is 4.79 Å². The molecule has 1 amide bonds. The number of anilines is 1. The van der Waals surface area contributed by atoms with Crippen molar-refractivity contribution in [1.82, 2.24) is 15.3 Å². The largest absolute Gasteiger partial charge is 0.382 e.